The van der Waals surface area contributed by atoms with Crippen LogP contribution in [0.1, 0.15) is 226 Å². The van der Waals surface area contributed by atoms with Gasteiger partial charge in [-0.2, -0.15) is 0 Å². The van der Waals surface area contributed by atoms with Gasteiger partial charge in [0.05, 0.1) is 0 Å². The van der Waals surface area contributed by atoms with Crippen LogP contribution in [0.5, 0.6) is 0 Å². The maximum Gasteiger partial charge on any atom is 0.306 e. The summed E-state index contributed by atoms with van der Waals surface area (Å²) in [7, 11) is 0. The first-order valence-corrected chi connectivity index (χ1v) is 27.0. The van der Waals surface area contributed by atoms with Gasteiger partial charge in [0.2, 0.25) is 0 Å². The predicted octanol–water partition coefficient (Wildman–Crippen LogP) is 18.1. The van der Waals surface area contributed by atoms with E-state index in [4.69, 9.17) is 14.2 Å². The fraction of sp³-hybridized carbons (Fsp3) is 0.623. The molecule has 0 bridgehead atoms. The summed E-state index contributed by atoms with van der Waals surface area (Å²) in [4.78, 5) is 37.9. The molecule has 0 aromatic rings. The van der Waals surface area contributed by atoms with Crippen LogP contribution in [0.25, 0.3) is 0 Å². The van der Waals surface area contributed by atoms with Crippen molar-refractivity contribution in [2.24, 2.45) is 0 Å². The van der Waals surface area contributed by atoms with Gasteiger partial charge in [0.25, 0.3) is 0 Å². The Hall–Kier alpha value is -4.19. The molecular formula is C61H98O6. The average Bonchev–Trinajstić information content (AvgIpc) is 3.33. The molecule has 0 aliphatic heterocycles. The predicted molar refractivity (Wildman–Crippen MR) is 288 cm³/mol. The summed E-state index contributed by atoms with van der Waals surface area (Å²) in [5.41, 5.74) is 0. The zero-order valence-electron chi connectivity index (χ0n) is 43.1. The van der Waals surface area contributed by atoms with E-state index in [0.29, 0.717) is 25.7 Å². The molecule has 0 aromatic heterocycles. The topological polar surface area (TPSA) is 78.9 Å². The van der Waals surface area contributed by atoms with Crippen LogP contribution in [0.15, 0.2) is 122 Å². The first-order chi connectivity index (χ1) is 33.0. The summed E-state index contributed by atoms with van der Waals surface area (Å²) < 4.78 is 16.7. The van der Waals surface area contributed by atoms with Gasteiger partial charge in [-0.25, -0.2) is 0 Å². The summed E-state index contributed by atoms with van der Waals surface area (Å²) >= 11 is 0. The van der Waals surface area contributed by atoms with Crippen LogP contribution >= 0.6 is 0 Å². The standard InChI is InChI=1S/C61H98O6/c1-4-7-10-13-16-19-21-23-24-25-26-27-28-29-30-31-32-33-34-35-36-38-39-42-45-48-51-54-60(63)66-57-58(56-65-59(62)53-50-47-44-41-18-15-12-9-6-3)67-61(64)55-52-49-46-43-40-37-22-20-17-14-11-8-5-2/h7,10-11,14,16,19-20,22-24,26-27,29-30,32-33,35-36,39,42,58H,4-6,8-9,12-13,15,17-18,21,25,28,31,34,37-38,40-41,43-57H2,1-3H3/b10-7-,14-11-,19-16-,22-20-,24-23-,27-26-,30-29-,33-32-,36-35-,42-39-. The molecule has 0 amide bonds. The summed E-state index contributed by atoms with van der Waals surface area (Å²) in [6.45, 7) is 6.37. The number of unbranched alkanes of at least 4 members (excludes halogenated alkanes) is 16. The van der Waals surface area contributed by atoms with Crippen molar-refractivity contribution in [3.8, 4) is 0 Å². The Morgan fingerprint density at radius 2 is 0.612 bits per heavy atom. The molecule has 0 aliphatic rings. The molecule has 1 unspecified atom stereocenters. The third kappa shape index (κ3) is 52.6. The SMILES string of the molecule is CC/C=C\C/C=C\C/C=C\C/C=C\C/C=C\C/C=C\C/C=C\C/C=C\CCCCC(=O)OCC(COC(=O)CCCCCCCCCCC)OC(=O)CCCCCCC/C=C\C/C=C\CCC. The number of esters is 3. The van der Waals surface area contributed by atoms with Crippen LogP contribution in [-0.2, 0) is 28.6 Å². The highest BCUT2D eigenvalue weighted by molar-refractivity contribution is 5.71. The van der Waals surface area contributed by atoms with Crippen molar-refractivity contribution in [1.82, 2.24) is 0 Å². The van der Waals surface area contributed by atoms with Crippen molar-refractivity contribution >= 4 is 17.9 Å². The van der Waals surface area contributed by atoms with Gasteiger partial charge < -0.3 is 14.2 Å². The van der Waals surface area contributed by atoms with E-state index in [1.54, 1.807) is 0 Å². The van der Waals surface area contributed by atoms with Crippen LogP contribution in [0, 0.1) is 0 Å². The highest BCUT2D eigenvalue weighted by Crippen LogP contribution is 2.13. The van der Waals surface area contributed by atoms with E-state index in [0.717, 1.165) is 135 Å². The molecule has 0 aliphatic carbocycles. The summed E-state index contributed by atoms with van der Waals surface area (Å²) in [5.74, 6) is -0.969. The van der Waals surface area contributed by atoms with Crippen LogP contribution in [0.2, 0.25) is 0 Å². The van der Waals surface area contributed by atoms with Gasteiger partial charge in [0.1, 0.15) is 13.2 Å². The van der Waals surface area contributed by atoms with E-state index >= 15 is 0 Å². The van der Waals surface area contributed by atoms with E-state index < -0.39 is 6.10 Å². The average molecular weight is 927 g/mol. The van der Waals surface area contributed by atoms with Crippen LogP contribution in [-0.4, -0.2) is 37.2 Å². The van der Waals surface area contributed by atoms with Crippen molar-refractivity contribution in [3.63, 3.8) is 0 Å². The molecule has 1 atom stereocenters. The monoisotopic (exact) mass is 927 g/mol. The number of ether oxygens (including phenoxy) is 3. The Labute approximate surface area is 412 Å². The van der Waals surface area contributed by atoms with Gasteiger partial charge >= 0.3 is 17.9 Å². The molecule has 0 radical (unpaired) electrons. The van der Waals surface area contributed by atoms with Gasteiger partial charge in [-0.1, -0.05) is 219 Å². The van der Waals surface area contributed by atoms with Crippen molar-refractivity contribution in [3.05, 3.63) is 122 Å². The molecule has 0 N–H and O–H groups in total. The number of rotatable bonds is 47. The zero-order chi connectivity index (χ0) is 48.6. The molecule has 0 saturated carbocycles. The minimum absolute atomic E-state index is 0.0994. The Morgan fingerprint density at radius 3 is 1.00 bits per heavy atom. The van der Waals surface area contributed by atoms with Crippen molar-refractivity contribution in [2.75, 3.05) is 13.2 Å². The quantitative estimate of drug-likeness (QED) is 0.0262. The third-order valence-electron chi connectivity index (χ3n) is 10.9. The lowest BCUT2D eigenvalue weighted by Crippen LogP contribution is -2.30. The second kappa shape index (κ2) is 54.4. The summed E-state index contributed by atoms with van der Waals surface area (Å²) in [6, 6.07) is 0. The van der Waals surface area contributed by atoms with Crippen molar-refractivity contribution in [2.45, 2.75) is 232 Å². The minimum Gasteiger partial charge on any atom is -0.462 e. The second-order valence-corrected chi connectivity index (χ2v) is 17.4. The van der Waals surface area contributed by atoms with Gasteiger partial charge in [0.15, 0.2) is 6.10 Å². The van der Waals surface area contributed by atoms with Crippen LogP contribution in [0.3, 0.4) is 0 Å². The molecule has 0 spiro atoms. The van der Waals surface area contributed by atoms with E-state index in [-0.39, 0.29) is 31.1 Å². The van der Waals surface area contributed by atoms with Gasteiger partial charge in [-0.15, -0.1) is 0 Å². The molecule has 0 rings (SSSR count). The van der Waals surface area contributed by atoms with Crippen LogP contribution in [0.4, 0.5) is 0 Å². The van der Waals surface area contributed by atoms with E-state index in [9.17, 15) is 14.4 Å². The Balaban J connectivity index is 4.37. The number of hydrogen-bond acceptors (Lipinski definition) is 6. The molecule has 0 heterocycles. The van der Waals surface area contributed by atoms with Gasteiger partial charge in [0, 0.05) is 19.3 Å². The maximum absolute atomic E-state index is 12.8. The normalized spacial score (nSPS) is 13.1. The lowest BCUT2D eigenvalue weighted by Gasteiger charge is -2.18. The highest BCUT2D eigenvalue weighted by Gasteiger charge is 2.19. The zero-order valence-corrected chi connectivity index (χ0v) is 43.1. The molecule has 378 valence electrons. The van der Waals surface area contributed by atoms with Gasteiger partial charge in [-0.05, 0) is 109 Å². The first kappa shape index (κ1) is 62.8. The largest absolute Gasteiger partial charge is 0.462 e. The molecule has 6 nitrogen and oxygen atoms in total. The highest BCUT2D eigenvalue weighted by atomic mass is 16.6. The molecular weight excluding hydrogens is 829 g/mol. The number of hydrogen-bond donors (Lipinski definition) is 0. The van der Waals surface area contributed by atoms with Crippen LogP contribution < -0.4 is 0 Å². The number of allylic oxidation sites excluding steroid dienone is 20. The van der Waals surface area contributed by atoms with Gasteiger partial charge in [-0.3, -0.25) is 14.4 Å². The second-order valence-electron chi connectivity index (χ2n) is 17.4. The Bertz CT molecular complexity index is 1440. The third-order valence-corrected chi connectivity index (χ3v) is 10.9. The molecule has 0 saturated heterocycles. The summed E-state index contributed by atoms with van der Waals surface area (Å²) in [5, 5.41) is 0. The first-order valence-electron chi connectivity index (χ1n) is 27.0. The minimum atomic E-state index is -0.803. The Kier molecular flexibility index (Phi) is 51.0. The van der Waals surface area contributed by atoms with Crippen molar-refractivity contribution in [1.29, 1.82) is 0 Å². The van der Waals surface area contributed by atoms with E-state index in [2.05, 4.69) is 142 Å². The lowest BCUT2D eigenvalue weighted by molar-refractivity contribution is -0.167. The Morgan fingerprint density at radius 1 is 0.313 bits per heavy atom. The molecule has 6 heteroatoms. The molecule has 0 aromatic carbocycles. The smallest absolute Gasteiger partial charge is 0.306 e. The van der Waals surface area contributed by atoms with E-state index in [1.807, 2.05) is 0 Å². The fourth-order valence-corrected chi connectivity index (χ4v) is 6.91. The van der Waals surface area contributed by atoms with Crippen molar-refractivity contribution < 1.29 is 28.6 Å². The lowest BCUT2D eigenvalue weighted by atomic mass is 10.1. The molecule has 0 fully saturated rings. The van der Waals surface area contributed by atoms with E-state index in [1.165, 1.54) is 44.9 Å². The molecule has 67 heavy (non-hydrogen) atoms. The number of carbonyl (C=O) groups is 3. The maximum atomic E-state index is 12.8. The fourth-order valence-electron chi connectivity index (χ4n) is 6.91. The summed E-state index contributed by atoms with van der Waals surface area (Å²) in [6.07, 6.45) is 74.8. The number of carbonyl (C=O) groups excluding carboxylic acids is 3.